The van der Waals surface area contributed by atoms with Crippen LogP contribution in [-0.2, 0) is 14.4 Å². The van der Waals surface area contributed by atoms with E-state index in [1.54, 1.807) is 13.1 Å². The highest BCUT2D eigenvalue weighted by Gasteiger charge is 2.54. The van der Waals surface area contributed by atoms with Crippen LogP contribution in [0.3, 0.4) is 0 Å². The van der Waals surface area contributed by atoms with Gasteiger partial charge in [0.05, 0.1) is 17.9 Å². The summed E-state index contributed by atoms with van der Waals surface area (Å²) in [6.07, 6.45) is 7.80. The Labute approximate surface area is 184 Å². The molecule has 10 nitrogen and oxygen atoms in total. The van der Waals surface area contributed by atoms with Crippen molar-refractivity contribution in [1.82, 2.24) is 9.97 Å². The summed E-state index contributed by atoms with van der Waals surface area (Å²) < 4.78 is 4.74. The third kappa shape index (κ3) is 3.58. The molecule has 4 fully saturated rings. The number of fused-ring (bicyclic) bond motifs is 1. The lowest BCUT2D eigenvalue weighted by Crippen LogP contribution is -2.59. The van der Waals surface area contributed by atoms with Crippen molar-refractivity contribution in [3.05, 3.63) is 24.0 Å². The summed E-state index contributed by atoms with van der Waals surface area (Å²) >= 11 is 0. The Morgan fingerprint density at radius 3 is 2.78 bits per heavy atom. The number of hydrogen-bond acceptors (Lipinski definition) is 8. The first-order valence-corrected chi connectivity index (χ1v) is 11.0. The molecule has 0 saturated heterocycles. The number of nitrogens with one attached hydrogen (secondary N) is 2. The number of anilines is 1. The summed E-state index contributed by atoms with van der Waals surface area (Å²) in [5, 5.41) is 18.7. The van der Waals surface area contributed by atoms with E-state index in [4.69, 9.17) is 15.3 Å². The van der Waals surface area contributed by atoms with E-state index in [1.165, 1.54) is 6.20 Å². The van der Waals surface area contributed by atoms with Gasteiger partial charge in [0, 0.05) is 23.8 Å². The molecule has 10 heteroatoms. The number of hydrogen-bond donors (Lipinski definition) is 4. The van der Waals surface area contributed by atoms with Crippen LogP contribution in [0.1, 0.15) is 49.4 Å². The number of H-pyrrole nitrogens is 1. The number of carbonyl (C=O) groups excluding carboxylic acids is 2. The second kappa shape index (κ2) is 7.77. The molecular formula is C22H27N5O5. The Kier molecular flexibility index (Phi) is 5.04. The maximum atomic E-state index is 12.8. The molecule has 2 heterocycles. The number of aromatic nitrogens is 2. The van der Waals surface area contributed by atoms with Crippen LogP contribution in [0.25, 0.3) is 11.0 Å². The predicted octanol–water partition coefficient (Wildman–Crippen LogP) is 1.91. The Balaban J connectivity index is 1.42. The van der Waals surface area contributed by atoms with Crippen molar-refractivity contribution in [3.63, 3.8) is 0 Å². The SMILES string of the molecule is CCOC(=O)/C(N)=N/OC(=O)c1cnc2[nH]ccc2c1NC1[C@@H]2CC3C[C@H]1CC(O)(C3)C2. The quantitative estimate of drug-likeness (QED) is 0.180. The fraction of sp³-hybridized carbons (Fsp3) is 0.545. The van der Waals surface area contributed by atoms with Crippen molar-refractivity contribution in [2.45, 2.75) is 50.7 Å². The topological polar surface area (TPSA) is 152 Å². The number of esters is 1. The molecule has 5 atom stereocenters. The van der Waals surface area contributed by atoms with E-state index >= 15 is 0 Å². The molecule has 170 valence electrons. The van der Waals surface area contributed by atoms with E-state index in [2.05, 4.69) is 20.4 Å². The molecule has 6 rings (SSSR count). The number of ether oxygens (including phenoxy) is 1. The number of aromatic amines is 1. The molecule has 0 amide bonds. The molecule has 4 saturated carbocycles. The predicted molar refractivity (Wildman–Crippen MR) is 116 cm³/mol. The van der Waals surface area contributed by atoms with Crippen molar-refractivity contribution in [3.8, 4) is 0 Å². The van der Waals surface area contributed by atoms with Gasteiger partial charge in [-0.2, -0.15) is 0 Å². The van der Waals surface area contributed by atoms with Gasteiger partial charge in [-0.15, -0.1) is 0 Å². The lowest BCUT2D eigenvalue weighted by molar-refractivity contribution is -0.135. The molecule has 0 aliphatic heterocycles. The Bertz CT molecular complexity index is 1080. The van der Waals surface area contributed by atoms with Gasteiger partial charge in [-0.05, 0) is 68.0 Å². The molecule has 2 aromatic rings. The van der Waals surface area contributed by atoms with Gasteiger partial charge in [-0.25, -0.2) is 14.6 Å². The monoisotopic (exact) mass is 441 g/mol. The van der Waals surface area contributed by atoms with E-state index in [1.807, 2.05) is 6.07 Å². The van der Waals surface area contributed by atoms with Crippen molar-refractivity contribution < 1.29 is 24.3 Å². The van der Waals surface area contributed by atoms with E-state index in [-0.39, 0.29) is 18.2 Å². The number of pyridine rings is 1. The molecule has 4 aliphatic rings. The number of rotatable bonds is 5. The lowest BCUT2D eigenvalue weighted by atomic mass is 9.52. The van der Waals surface area contributed by atoms with Gasteiger partial charge in [-0.1, -0.05) is 0 Å². The Hall–Kier alpha value is -3.14. The van der Waals surface area contributed by atoms with Crippen LogP contribution < -0.4 is 11.1 Å². The van der Waals surface area contributed by atoms with Crippen LogP contribution in [0.2, 0.25) is 0 Å². The van der Waals surface area contributed by atoms with Gasteiger partial charge >= 0.3 is 11.9 Å². The molecule has 32 heavy (non-hydrogen) atoms. The molecule has 0 radical (unpaired) electrons. The average Bonchev–Trinajstić information content (AvgIpc) is 3.22. The number of nitrogens with zero attached hydrogens (tertiary/aromatic N) is 2. The minimum atomic E-state index is -0.857. The third-order valence-corrected chi connectivity index (χ3v) is 7.07. The molecule has 2 aromatic heterocycles. The van der Waals surface area contributed by atoms with Gasteiger partial charge < -0.3 is 30.7 Å². The van der Waals surface area contributed by atoms with E-state index in [0.717, 1.165) is 37.5 Å². The maximum absolute atomic E-state index is 12.8. The number of nitrogens with two attached hydrogens (primary N) is 1. The van der Waals surface area contributed by atoms with Crippen molar-refractivity contribution in [2.24, 2.45) is 28.6 Å². The first-order valence-electron chi connectivity index (χ1n) is 11.0. The molecule has 3 unspecified atom stereocenters. The minimum absolute atomic E-state index is 0.130. The van der Waals surface area contributed by atoms with Crippen molar-refractivity contribution in [1.29, 1.82) is 0 Å². The first-order chi connectivity index (χ1) is 15.4. The fourth-order valence-corrected chi connectivity index (χ4v) is 6.08. The molecule has 4 bridgehead atoms. The smallest absolute Gasteiger partial charge is 0.377 e. The van der Waals surface area contributed by atoms with Crippen molar-refractivity contribution >= 4 is 34.5 Å². The molecule has 0 spiro atoms. The van der Waals surface area contributed by atoms with E-state index in [0.29, 0.717) is 29.1 Å². The highest BCUT2D eigenvalue weighted by Crippen LogP contribution is 2.56. The zero-order valence-corrected chi connectivity index (χ0v) is 17.8. The lowest BCUT2D eigenvalue weighted by Gasteiger charge is -2.58. The first kappa shape index (κ1) is 20.7. The van der Waals surface area contributed by atoms with Gasteiger partial charge in [-0.3, -0.25) is 0 Å². The molecule has 5 N–H and O–H groups in total. The van der Waals surface area contributed by atoms with E-state index in [9.17, 15) is 14.7 Å². The number of aliphatic hydroxyl groups is 1. The maximum Gasteiger partial charge on any atom is 0.377 e. The fourth-order valence-electron chi connectivity index (χ4n) is 6.08. The number of oxime groups is 1. The van der Waals surface area contributed by atoms with Gasteiger partial charge in [0.15, 0.2) is 0 Å². The van der Waals surface area contributed by atoms with Gasteiger partial charge in [0.1, 0.15) is 11.2 Å². The van der Waals surface area contributed by atoms with Crippen LogP contribution in [0, 0.1) is 17.8 Å². The minimum Gasteiger partial charge on any atom is -0.460 e. The average molecular weight is 441 g/mol. The summed E-state index contributed by atoms with van der Waals surface area (Å²) in [7, 11) is 0. The Morgan fingerprint density at radius 2 is 2.09 bits per heavy atom. The van der Waals surface area contributed by atoms with Crippen LogP contribution in [0.5, 0.6) is 0 Å². The number of carbonyl (C=O) groups is 2. The standard InChI is InChI=1S/C22H27N5O5/c1-2-31-21(29)18(23)27-32-20(28)15-10-25-19-14(3-4-24-19)17(15)26-16-12-5-11-6-13(16)9-22(30,7-11)8-12/h3-4,10-13,16,30H,2,5-9H2,1H3,(H2,23,27)(H2,24,25,26)/t11?,12-,13+,16?,22?. The van der Waals surface area contributed by atoms with Crippen LogP contribution >= 0.6 is 0 Å². The second-order valence-electron chi connectivity index (χ2n) is 9.23. The summed E-state index contributed by atoms with van der Waals surface area (Å²) in [5.41, 5.74) is 6.42. The second-order valence-corrected chi connectivity index (χ2v) is 9.23. The highest BCUT2D eigenvalue weighted by atomic mass is 16.7. The largest absolute Gasteiger partial charge is 0.460 e. The van der Waals surface area contributed by atoms with Crippen LogP contribution in [0.4, 0.5) is 5.69 Å². The third-order valence-electron chi connectivity index (χ3n) is 7.07. The molecular weight excluding hydrogens is 414 g/mol. The summed E-state index contributed by atoms with van der Waals surface area (Å²) in [5.74, 6) is -0.920. The van der Waals surface area contributed by atoms with Gasteiger partial charge in [0.2, 0.25) is 5.84 Å². The van der Waals surface area contributed by atoms with Crippen molar-refractivity contribution in [2.75, 3.05) is 11.9 Å². The van der Waals surface area contributed by atoms with Crippen LogP contribution in [0.15, 0.2) is 23.6 Å². The highest BCUT2D eigenvalue weighted by molar-refractivity contribution is 6.34. The Morgan fingerprint density at radius 1 is 1.34 bits per heavy atom. The summed E-state index contributed by atoms with van der Waals surface area (Å²) in [6.45, 7) is 1.76. The number of amidine groups is 1. The summed E-state index contributed by atoms with van der Waals surface area (Å²) in [4.78, 5) is 36.8. The molecule has 4 aliphatic carbocycles. The van der Waals surface area contributed by atoms with Crippen LogP contribution in [-0.4, -0.2) is 51.1 Å². The zero-order chi connectivity index (χ0) is 22.5. The molecule has 0 aromatic carbocycles. The van der Waals surface area contributed by atoms with E-state index < -0.39 is 23.4 Å². The zero-order valence-electron chi connectivity index (χ0n) is 17.8. The normalized spacial score (nSPS) is 31.0. The summed E-state index contributed by atoms with van der Waals surface area (Å²) in [6, 6.07) is 1.99. The van der Waals surface area contributed by atoms with Gasteiger partial charge in [0.25, 0.3) is 0 Å².